The molecule has 0 rings (SSSR count). The second-order valence-electron chi connectivity index (χ2n) is 1.24. The van der Waals surface area contributed by atoms with Crippen molar-refractivity contribution in [2.45, 2.75) is 6.11 Å². The Kier molecular flexibility index (Phi) is 5.92. The minimum Gasteiger partial charge on any atom is -0.334 e. The van der Waals surface area contributed by atoms with Crippen LogP contribution in [0, 0.1) is 10.1 Å². The van der Waals surface area contributed by atoms with Crippen LogP contribution >= 0.6 is 0 Å². The van der Waals surface area contributed by atoms with Crippen molar-refractivity contribution in [2.75, 3.05) is 13.7 Å². The number of nitrogens with zero attached hydrogens (tertiary/aromatic N) is 1. The van der Waals surface area contributed by atoms with E-state index in [1.165, 1.54) is 0 Å². The standard InChI is InChI=1S/C2H3F3O.CH3NO2/c3-1-2(4,5)6;1-2(3)4/h6H,1H2;1H3. The van der Waals surface area contributed by atoms with Gasteiger partial charge in [-0.25, -0.2) is 4.39 Å². The number of nitro groups is 1. The summed E-state index contributed by atoms with van der Waals surface area (Å²) in [5.74, 6) is 0. The minimum atomic E-state index is -4.12. The largest absolute Gasteiger partial charge is 0.381 e. The smallest absolute Gasteiger partial charge is 0.334 e. The number of alkyl halides is 3. The highest BCUT2D eigenvalue weighted by molar-refractivity contribution is 4.38. The molecule has 0 amide bonds. The third-order valence-electron chi connectivity index (χ3n) is 0.161. The van der Waals surface area contributed by atoms with Crippen molar-refractivity contribution in [2.24, 2.45) is 0 Å². The lowest BCUT2D eigenvalue weighted by Crippen LogP contribution is -2.15. The highest BCUT2D eigenvalue weighted by Gasteiger charge is 2.22. The first-order valence-corrected chi connectivity index (χ1v) is 2.03. The molecule has 0 radical (unpaired) electrons. The third-order valence-corrected chi connectivity index (χ3v) is 0.161. The van der Waals surface area contributed by atoms with Gasteiger partial charge in [0.15, 0.2) is 13.7 Å². The average molecular weight is 161 g/mol. The highest BCUT2D eigenvalue weighted by Crippen LogP contribution is 2.06. The number of hydrogen-bond acceptors (Lipinski definition) is 3. The molecule has 0 fully saturated rings. The van der Waals surface area contributed by atoms with Crippen LogP contribution in [-0.2, 0) is 0 Å². The normalized spacial score (nSPS) is 9.70. The van der Waals surface area contributed by atoms with E-state index in [9.17, 15) is 13.2 Å². The van der Waals surface area contributed by atoms with Crippen LogP contribution < -0.4 is 0 Å². The first-order valence-electron chi connectivity index (χ1n) is 2.03. The molecule has 0 heterocycles. The van der Waals surface area contributed by atoms with Crippen LogP contribution in [0.25, 0.3) is 0 Å². The van der Waals surface area contributed by atoms with Crippen LogP contribution in [0.3, 0.4) is 0 Å². The fraction of sp³-hybridized carbons (Fsp3) is 1.00. The molecular formula is C3H6F3NO3. The summed E-state index contributed by atoms with van der Waals surface area (Å²) < 4.78 is 31.8. The number of halogens is 3. The molecule has 62 valence electrons. The Bertz CT molecular complexity index is 97.7. The molecule has 0 saturated carbocycles. The molecule has 0 aromatic rings. The molecular weight excluding hydrogens is 155 g/mol. The van der Waals surface area contributed by atoms with Gasteiger partial charge in [-0.1, -0.05) is 0 Å². The SMILES string of the molecule is C[N+](=O)[O-].OC(F)(F)CF. The lowest BCUT2D eigenvalue weighted by atomic mass is 10.7. The van der Waals surface area contributed by atoms with Gasteiger partial charge in [0.25, 0.3) is 0 Å². The van der Waals surface area contributed by atoms with E-state index in [0.29, 0.717) is 0 Å². The molecule has 4 nitrogen and oxygen atoms in total. The fourth-order valence-electron chi connectivity index (χ4n) is 0. The predicted octanol–water partition coefficient (Wildman–Crippen LogP) is 0.434. The summed E-state index contributed by atoms with van der Waals surface area (Å²) in [6.07, 6.45) is -4.12. The monoisotopic (exact) mass is 161 g/mol. The summed E-state index contributed by atoms with van der Waals surface area (Å²) in [6.45, 7) is -2.01. The topological polar surface area (TPSA) is 63.4 Å². The van der Waals surface area contributed by atoms with E-state index in [0.717, 1.165) is 7.05 Å². The maximum absolute atomic E-state index is 10.6. The highest BCUT2D eigenvalue weighted by atomic mass is 19.3. The van der Waals surface area contributed by atoms with Crippen molar-refractivity contribution >= 4 is 0 Å². The molecule has 0 aliphatic rings. The average Bonchev–Trinajstić information content (AvgIpc) is 1.63. The summed E-state index contributed by atoms with van der Waals surface area (Å²) in [5, 5.41) is 15.9. The van der Waals surface area contributed by atoms with Gasteiger partial charge in [-0.05, 0) is 0 Å². The zero-order valence-corrected chi connectivity index (χ0v) is 5.05. The summed E-state index contributed by atoms with van der Waals surface area (Å²) in [5.41, 5.74) is 0. The Balaban J connectivity index is 0. The Morgan fingerprint density at radius 3 is 1.80 bits per heavy atom. The lowest BCUT2D eigenvalue weighted by molar-refractivity contribution is -0.445. The molecule has 1 N–H and O–H groups in total. The molecule has 0 aliphatic heterocycles. The molecule has 0 aliphatic carbocycles. The van der Waals surface area contributed by atoms with E-state index in [1.807, 2.05) is 0 Å². The number of aliphatic hydroxyl groups is 1. The first kappa shape index (κ1) is 11.9. The first-order chi connectivity index (χ1) is 4.29. The van der Waals surface area contributed by atoms with Gasteiger partial charge in [0, 0.05) is 4.92 Å². The Morgan fingerprint density at radius 1 is 1.70 bits per heavy atom. The van der Waals surface area contributed by atoms with Crippen LogP contribution in [0.1, 0.15) is 0 Å². The van der Waals surface area contributed by atoms with Crippen molar-refractivity contribution in [1.29, 1.82) is 0 Å². The van der Waals surface area contributed by atoms with E-state index >= 15 is 0 Å². The molecule has 0 saturated heterocycles. The Hall–Kier alpha value is -0.850. The zero-order valence-electron chi connectivity index (χ0n) is 5.05. The van der Waals surface area contributed by atoms with Crippen molar-refractivity contribution < 1.29 is 23.2 Å². The van der Waals surface area contributed by atoms with Gasteiger partial charge < -0.3 is 5.11 Å². The van der Waals surface area contributed by atoms with Gasteiger partial charge in [0.2, 0.25) is 0 Å². The van der Waals surface area contributed by atoms with Crippen LogP contribution in [0.2, 0.25) is 0 Å². The van der Waals surface area contributed by atoms with Crippen molar-refractivity contribution in [1.82, 2.24) is 0 Å². The van der Waals surface area contributed by atoms with Crippen LogP contribution in [-0.4, -0.2) is 29.9 Å². The van der Waals surface area contributed by atoms with Gasteiger partial charge in [-0.15, -0.1) is 0 Å². The minimum absolute atomic E-state index is 0.500. The number of hydrogen-bond donors (Lipinski definition) is 1. The van der Waals surface area contributed by atoms with Crippen molar-refractivity contribution in [3.8, 4) is 0 Å². The van der Waals surface area contributed by atoms with Gasteiger partial charge in [-0.2, -0.15) is 8.78 Å². The van der Waals surface area contributed by atoms with Crippen LogP contribution in [0.15, 0.2) is 0 Å². The molecule has 0 atom stereocenters. The zero-order chi connectivity index (χ0) is 8.78. The van der Waals surface area contributed by atoms with Gasteiger partial charge >= 0.3 is 6.11 Å². The second-order valence-corrected chi connectivity index (χ2v) is 1.24. The lowest BCUT2D eigenvalue weighted by Gasteiger charge is -1.97. The Labute approximate surface area is 54.4 Å². The molecule has 0 aromatic heterocycles. The second kappa shape index (κ2) is 4.98. The van der Waals surface area contributed by atoms with Gasteiger partial charge in [0.1, 0.15) is 0 Å². The van der Waals surface area contributed by atoms with Crippen LogP contribution in [0.4, 0.5) is 13.2 Å². The maximum atomic E-state index is 10.6. The van der Waals surface area contributed by atoms with E-state index in [1.54, 1.807) is 0 Å². The quantitative estimate of drug-likeness (QED) is 0.448. The summed E-state index contributed by atoms with van der Waals surface area (Å²) >= 11 is 0. The molecule has 0 aromatic carbocycles. The molecule has 0 unspecified atom stereocenters. The third kappa shape index (κ3) is 58.5. The Morgan fingerprint density at radius 2 is 1.80 bits per heavy atom. The summed E-state index contributed by atoms with van der Waals surface area (Å²) in [7, 11) is 0.889. The number of rotatable bonds is 1. The molecule has 10 heavy (non-hydrogen) atoms. The fourth-order valence-corrected chi connectivity index (χ4v) is 0. The van der Waals surface area contributed by atoms with E-state index in [-0.39, 0.29) is 0 Å². The van der Waals surface area contributed by atoms with E-state index < -0.39 is 17.7 Å². The molecule has 7 heteroatoms. The maximum Gasteiger partial charge on any atom is 0.381 e. The summed E-state index contributed by atoms with van der Waals surface area (Å²) in [4.78, 5) is 8.31. The van der Waals surface area contributed by atoms with Crippen molar-refractivity contribution in [3.05, 3.63) is 10.1 Å². The molecule has 0 spiro atoms. The predicted molar refractivity (Wildman–Crippen MR) is 26.1 cm³/mol. The van der Waals surface area contributed by atoms with E-state index in [4.69, 9.17) is 15.2 Å². The van der Waals surface area contributed by atoms with E-state index in [2.05, 4.69) is 0 Å². The summed E-state index contributed by atoms with van der Waals surface area (Å²) in [6, 6.07) is 0. The van der Waals surface area contributed by atoms with Crippen LogP contribution in [0.5, 0.6) is 0 Å². The molecule has 0 bridgehead atoms. The van der Waals surface area contributed by atoms with Gasteiger partial charge in [-0.3, -0.25) is 10.1 Å². The van der Waals surface area contributed by atoms with Crippen molar-refractivity contribution in [3.63, 3.8) is 0 Å². The van der Waals surface area contributed by atoms with Gasteiger partial charge in [0.05, 0.1) is 0 Å².